The molecule has 0 amide bonds. The SMILES string of the molecule is CCCCCCCCCCCCc1cc(/C=C/c2ccc(/C=C/c3ccc(SC(=O)c4ccccc4)cc3)cc2)c(CCCCCCCCCCCC)cc1/C=C/c1ccc(/C=C/c2ccc(SC(C)=O)cc2)cc1. The van der Waals surface area contributed by atoms with Crippen LogP contribution in [0.25, 0.3) is 48.6 Å². The van der Waals surface area contributed by atoms with Gasteiger partial charge in [-0.25, -0.2) is 0 Å². The lowest BCUT2D eigenvalue weighted by Crippen LogP contribution is -1.98. The van der Waals surface area contributed by atoms with Crippen LogP contribution in [0.1, 0.15) is 215 Å². The van der Waals surface area contributed by atoms with Crippen molar-refractivity contribution < 1.29 is 9.59 Å². The largest absolute Gasteiger partial charge is 0.287 e. The Morgan fingerprint density at radius 3 is 0.973 bits per heavy atom. The van der Waals surface area contributed by atoms with Gasteiger partial charge in [-0.3, -0.25) is 9.59 Å². The van der Waals surface area contributed by atoms with Crippen molar-refractivity contribution in [3.8, 4) is 0 Å². The Labute approximate surface area is 461 Å². The van der Waals surface area contributed by atoms with Gasteiger partial charge in [0.25, 0.3) is 0 Å². The van der Waals surface area contributed by atoms with Gasteiger partial charge in [-0.2, -0.15) is 0 Å². The molecular formula is C71H84O2S2. The molecule has 0 unspecified atom stereocenters. The minimum absolute atomic E-state index is 0.0584. The molecule has 2 nitrogen and oxygen atoms in total. The van der Waals surface area contributed by atoms with Gasteiger partial charge in [0.05, 0.1) is 0 Å². The van der Waals surface area contributed by atoms with Crippen LogP contribution in [-0.2, 0) is 17.6 Å². The molecule has 0 aliphatic carbocycles. The lowest BCUT2D eigenvalue weighted by Gasteiger charge is -2.14. The van der Waals surface area contributed by atoms with E-state index in [0.717, 1.165) is 50.4 Å². The summed E-state index contributed by atoms with van der Waals surface area (Å²) >= 11 is 2.54. The van der Waals surface area contributed by atoms with E-state index in [2.05, 4.69) is 147 Å². The molecule has 0 heterocycles. The Hall–Kier alpha value is -5.68. The normalized spacial score (nSPS) is 11.8. The standard InChI is InChI=1S/C71H84O2S2/c1-4-6-8-10-12-14-16-18-20-23-29-65-56-68(50-44-61-39-33-59(34-40-61)36-42-63-47-53-70(54-48-63)75-71(73)64-27-25-22-26-28-64)66(30-24-21-19-17-15-13-11-9-7-5-2)55-67(65)49-43-60-37-31-58(32-38-60)35-41-62-45-51-69(52-46-62)74-57(3)72/h22,25-28,31-56H,4-21,23-24,29-30H2,1-3H3/b41-35+,42-36+,49-43+,50-44+. The highest BCUT2D eigenvalue weighted by Gasteiger charge is 2.10. The summed E-state index contributed by atoms with van der Waals surface area (Å²) in [5.74, 6) is 0. The van der Waals surface area contributed by atoms with E-state index < -0.39 is 0 Å². The fourth-order valence-electron chi connectivity index (χ4n) is 9.47. The van der Waals surface area contributed by atoms with Crippen molar-refractivity contribution in [1.82, 2.24) is 0 Å². The molecule has 0 spiro atoms. The van der Waals surface area contributed by atoms with Gasteiger partial charge in [0.2, 0.25) is 5.12 Å². The zero-order chi connectivity index (χ0) is 52.6. The lowest BCUT2D eigenvalue weighted by atomic mass is 9.91. The number of thioether (sulfide) groups is 2. The Morgan fingerprint density at radius 1 is 0.347 bits per heavy atom. The molecule has 4 heteroatoms. The van der Waals surface area contributed by atoms with Crippen molar-refractivity contribution >= 4 is 82.4 Å². The highest BCUT2D eigenvalue weighted by atomic mass is 32.2. The zero-order valence-electron chi connectivity index (χ0n) is 45.6. The second-order valence-corrected chi connectivity index (χ2v) is 22.6. The number of aryl methyl sites for hydroxylation is 2. The van der Waals surface area contributed by atoms with E-state index in [-0.39, 0.29) is 10.2 Å². The monoisotopic (exact) mass is 1030 g/mol. The van der Waals surface area contributed by atoms with Gasteiger partial charge in [0, 0.05) is 22.3 Å². The topological polar surface area (TPSA) is 34.1 Å². The van der Waals surface area contributed by atoms with Crippen LogP contribution in [0.15, 0.2) is 149 Å². The first-order valence-electron chi connectivity index (χ1n) is 28.6. The summed E-state index contributed by atoms with van der Waals surface area (Å²) in [5, 5.41) is 0.161. The first-order valence-corrected chi connectivity index (χ1v) is 30.2. The quantitative estimate of drug-likeness (QED) is 0.0234. The highest BCUT2D eigenvalue weighted by molar-refractivity contribution is 8.14. The van der Waals surface area contributed by atoms with E-state index in [1.165, 1.54) is 185 Å². The fraction of sp³-hybridized carbons (Fsp3) is 0.352. The molecule has 6 aromatic carbocycles. The first-order chi connectivity index (χ1) is 36.8. The van der Waals surface area contributed by atoms with Crippen LogP contribution in [0.4, 0.5) is 0 Å². The molecule has 0 radical (unpaired) electrons. The van der Waals surface area contributed by atoms with Crippen LogP contribution in [0.5, 0.6) is 0 Å². The van der Waals surface area contributed by atoms with E-state index in [4.69, 9.17) is 0 Å². The molecule has 0 aliphatic heterocycles. The Bertz CT molecular complexity index is 2690. The second kappa shape index (κ2) is 34.8. The molecule has 6 aromatic rings. The van der Waals surface area contributed by atoms with Crippen molar-refractivity contribution in [3.63, 3.8) is 0 Å². The number of unbranched alkanes of at least 4 members (excludes halogenated alkanes) is 18. The Balaban J connectivity index is 1.16. The van der Waals surface area contributed by atoms with Gasteiger partial charge in [-0.15, -0.1) is 0 Å². The molecule has 0 saturated heterocycles. The lowest BCUT2D eigenvalue weighted by molar-refractivity contribution is -0.109. The van der Waals surface area contributed by atoms with Gasteiger partial charge in [-0.05, 0) is 117 Å². The number of carbonyl (C=O) groups excluding carboxylic acids is 2. The molecular weight excluding hydrogens is 949 g/mol. The predicted molar refractivity (Wildman–Crippen MR) is 332 cm³/mol. The van der Waals surface area contributed by atoms with Crippen LogP contribution >= 0.6 is 23.5 Å². The third-order valence-electron chi connectivity index (χ3n) is 14.0. The van der Waals surface area contributed by atoms with Crippen LogP contribution in [0, 0.1) is 0 Å². The van der Waals surface area contributed by atoms with Gasteiger partial charge >= 0.3 is 0 Å². The number of rotatable bonds is 33. The van der Waals surface area contributed by atoms with E-state index in [0.29, 0.717) is 0 Å². The maximum atomic E-state index is 12.7. The smallest absolute Gasteiger partial charge is 0.224 e. The molecule has 6 rings (SSSR count). The van der Waals surface area contributed by atoms with Crippen molar-refractivity contribution in [2.45, 2.75) is 172 Å². The average Bonchev–Trinajstić information content (AvgIpc) is 3.43. The maximum Gasteiger partial charge on any atom is 0.224 e. The van der Waals surface area contributed by atoms with Crippen LogP contribution in [-0.4, -0.2) is 10.2 Å². The Kier molecular flexibility index (Phi) is 27.2. The van der Waals surface area contributed by atoms with E-state index in [1.54, 1.807) is 6.92 Å². The zero-order valence-corrected chi connectivity index (χ0v) is 47.2. The molecule has 0 atom stereocenters. The van der Waals surface area contributed by atoms with E-state index in [9.17, 15) is 9.59 Å². The molecule has 0 saturated carbocycles. The minimum Gasteiger partial charge on any atom is -0.287 e. The predicted octanol–water partition coefficient (Wildman–Crippen LogP) is 21.9. The molecule has 0 aliphatic rings. The second-order valence-electron chi connectivity index (χ2n) is 20.3. The molecule has 0 bridgehead atoms. The van der Waals surface area contributed by atoms with Gasteiger partial charge < -0.3 is 0 Å². The fourth-order valence-corrected chi connectivity index (χ4v) is 10.8. The minimum atomic E-state index is 0.0584. The summed E-state index contributed by atoms with van der Waals surface area (Å²) in [7, 11) is 0. The number of benzene rings is 6. The molecule has 0 N–H and O–H groups in total. The summed E-state index contributed by atoms with van der Waals surface area (Å²) in [6.45, 7) is 6.20. The maximum absolute atomic E-state index is 12.7. The van der Waals surface area contributed by atoms with Gasteiger partial charge in [0.15, 0.2) is 5.12 Å². The van der Waals surface area contributed by atoms with Crippen LogP contribution < -0.4 is 0 Å². The molecule has 0 aromatic heterocycles. The van der Waals surface area contributed by atoms with Crippen LogP contribution in [0.2, 0.25) is 0 Å². The Morgan fingerprint density at radius 2 is 0.640 bits per heavy atom. The summed E-state index contributed by atoms with van der Waals surface area (Å²) in [6.07, 6.45) is 46.8. The van der Waals surface area contributed by atoms with Gasteiger partial charge in [-0.1, -0.05) is 305 Å². The van der Waals surface area contributed by atoms with E-state index >= 15 is 0 Å². The molecule has 0 fully saturated rings. The summed E-state index contributed by atoms with van der Waals surface area (Å²) in [6, 6.07) is 48.6. The molecule has 392 valence electrons. The number of carbonyl (C=O) groups is 2. The van der Waals surface area contributed by atoms with Gasteiger partial charge in [0.1, 0.15) is 0 Å². The third-order valence-corrected chi connectivity index (χ3v) is 15.7. The first kappa shape index (κ1) is 58.6. The summed E-state index contributed by atoms with van der Waals surface area (Å²) in [5.41, 5.74) is 13.2. The van der Waals surface area contributed by atoms with Crippen molar-refractivity contribution in [2.75, 3.05) is 0 Å². The van der Waals surface area contributed by atoms with Crippen LogP contribution in [0.3, 0.4) is 0 Å². The van der Waals surface area contributed by atoms with Crippen molar-refractivity contribution in [2.24, 2.45) is 0 Å². The summed E-state index contributed by atoms with van der Waals surface area (Å²) < 4.78 is 0. The highest BCUT2D eigenvalue weighted by Crippen LogP contribution is 2.28. The number of hydrogen-bond acceptors (Lipinski definition) is 4. The third kappa shape index (κ3) is 23.0. The number of hydrogen-bond donors (Lipinski definition) is 0. The summed E-state index contributed by atoms with van der Waals surface area (Å²) in [4.78, 5) is 26.1. The molecule has 75 heavy (non-hydrogen) atoms. The van der Waals surface area contributed by atoms with Crippen molar-refractivity contribution in [1.29, 1.82) is 0 Å². The average molecular weight is 1030 g/mol. The van der Waals surface area contributed by atoms with E-state index in [1.807, 2.05) is 54.6 Å². The van der Waals surface area contributed by atoms with Crippen molar-refractivity contribution in [3.05, 3.63) is 201 Å².